The fourth-order valence-corrected chi connectivity index (χ4v) is 1.81. The highest BCUT2D eigenvalue weighted by Crippen LogP contribution is 2.22. The number of phenols is 2. The maximum absolute atomic E-state index is 11.9. The molecule has 0 atom stereocenters. The van der Waals surface area contributed by atoms with Crippen LogP contribution in [0.3, 0.4) is 0 Å². The molecule has 0 radical (unpaired) electrons. The van der Waals surface area contributed by atoms with E-state index >= 15 is 0 Å². The van der Waals surface area contributed by atoms with Crippen molar-refractivity contribution in [2.24, 2.45) is 5.10 Å². The number of nitrogens with one attached hydrogen (secondary N) is 1. The number of hydrogen-bond acceptors (Lipinski definition) is 5. The third kappa shape index (κ3) is 3.76. The van der Waals surface area contributed by atoms with Crippen LogP contribution in [0.15, 0.2) is 47.6 Å². The number of hydrazone groups is 1. The van der Waals surface area contributed by atoms with Gasteiger partial charge >= 0.3 is 0 Å². The van der Waals surface area contributed by atoms with Gasteiger partial charge in [0.2, 0.25) is 0 Å². The molecule has 0 bridgehead atoms. The first-order valence-electron chi connectivity index (χ1n) is 6.69. The van der Waals surface area contributed by atoms with Gasteiger partial charge < -0.3 is 14.9 Å². The summed E-state index contributed by atoms with van der Waals surface area (Å²) in [4.78, 5) is 11.9. The number of rotatable bonds is 5. The number of para-hydroxylation sites is 1. The molecule has 0 aliphatic carbocycles. The second-order valence-corrected chi connectivity index (χ2v) is 4.37. The Morgan fingerprint density at radius 2 is 2.05 bits per heavy atom. The summed E-state index contributed by atoms with van der Waals surface area (Å²) in [6.07, 6.45) is 1.46. The predicted octanol–water partition coefficient (Wildman–Crippen LogP) is 2.26. The van der Waals surface area contributed by atoms with Gasteiger partial charge in [-0.3, -0.25) is 4.79 Å². The van der Waals surface area contributed by atoms with Crippen molar-refractivity contribution in [2.45, 2.75) is 6.92 Å². The number of ether oxygens (including phenoxy) is 1. The minimum Gasteiger partial charge on any atom is -0.508 e. The van der Waals surface area contributed by atoms with Gasteiger partial charge in [-0.2, -0.15) is 5.10 Å². The third-order valence-electron chi connectivity index (χ3n) is 2.81. The molecule has 2 aromatic carbocycles. The summed E-state index contributed by atoms with van der Waals surface area (Å²) in [5.41, 5.74) is 3.05. The molecule has 0 heterocycles. The molecule has 0 aliphatic heterocycles. The lowest BCUT2D eigenvalue weighted by molar-refractivity contribution is 0.0952. The first kappa shape index (κ1) is 15.4. The van der Waals surface area contributed by atoms with Crippen LogP contribution >= 0.6 is 0 Å². The van der Waals surface area contributed by atoms with E-state index in [0.29, 0.717) is 12.4 Å². The fourth-order valence-electron chi connectivity index (χ4n) is 1.81. The van der Waals surface area contributed by atoms with Crippen LogP contribution in [0, 0.1) is 0 Å². The van der Waals surface area contributed by atoms with E-state index in [1.165, 1.54) is 18.3 Å². The van der Waals surface area contributed by atoms with E-state index < -0.39 is 5.91 Å². The van der Waals surface area contributed by atoms with E-state index in [0.717, 1.165) is 11.6 Å². The van der Waals surface area contributed by atoms with Gasteiger partial charge in [0.1, 0.15) is 17.2 Å². The Labute approximate surface area is 127 Å². The Bertz CT molecular complexity index is 698. The van der Waals surface area contributed by atoms with Gasteiger partial charge in [-0.25, -0.2) is 5.43 Å². The maximum Gasteiger partial charge on any atom is 0.275 e. The van der Waals surface area contributed by atoms with Gasteiger partial charge in [0.05, 0.1) is 18.4 Å². The van der Waals surface area contributed by atoms with E-state index in [9.17, 15) is 15.0 Å². The smallest absolute Gasteiger partial charge is 0.275 e. The lowest BCUT2D eigenvalue weighted by Gasteiger charge is -2.06. The quantitative estimate of drug-likeness (QED) is 0.583. The van der Waals surface area contributed by atoms with Crippen LogP contribution in [0.2, 0.25) is 0 Å². The molecule has 0 aliphatic rings. The molecular weight excluding hydrogens is 284 g/mol. The monoisotopic (exact) mass is 300 g/mol. The summed E-state index contributed by atoms with van der Waals surface area (Å²) in [5.74, 6) is -0.358. The van der Waals surface area contributed by atoms with Crippen molar-refractivity contribution in [1.82, 2.24) is 5.43 Å². The first-order valence-corrected chi connectivity index (χ1v) is 6.69. The standard InChI is InChI=1S/C16H16N2O4/c1-2-22-15-6-4-3-5-11(15)10-17-18-16(21)13-8-7-12(19)9-14(13)20/h3-10,19-20H,2H2,1H3,(H,18,21)/b17-10+. The lowest BCUT2D eigenvalue weighted by Crippen LogP contribution is -2.17. The molecule has 0 saturated carbocycles. The zero-order valence-corrected chi connectivity index (χ0v) is 12.0. The first-order chi connectivity index (χ1) is 10.6. The molecule has 2 aromatic rings. The molecule has 2 rings (SSSR count). The molecule has 0 unspecified atom stereocenters. The summed E-state index contributed by atoms with van der Waals surface area (Å²) in [6, 6.07) is 11.0. The van der Waals surface area contributed by atoms with Gasteiger partial charge in [0.25, 0.3) is 5.91 Å². The number of carbonyl (C=O) groups is 1. The number of phenolic OH excluding ortho intramolecular Hbond substituents is 2. The molecule has 3 N–H and O–H groups in total. The Hall–Kier alpha value is -3.02. The summed E-state index contributed by atoms with van der Waals surface area (Å²) < 4.78 is 5.44. The Morgan fingerprint density at radius 1 is 1.27 bits per heavy atom. The van der Waals surface area contributed by atoms with Crippen LogP contribution in [0.1, 0.15) is 22.8 Å². The molecule has 114 valence electrons. The van der Waals surface area contributed by atoms with Crippen LogP contribution in [0.4, 0.5) is 0 Å². The molecule has 6 heteroatoms. The number of benzene rings is 2. The molecule has 0 spiro atoms. The highest BCUT2D eigenvalue weighted by Gasteiger charge is 2.10. The van der Waals surface area contributed by atoms with Crippen molar-refractivity contribution in [2.75, 3.05) is 6.61 Å². The highest BCUT2D eigenvalue weighted by atomic mass is 16.5. The van der Waals surface area contributed by atoms with E-state index in [-0.39, 0.29) is 17.1 Å². The van der Waals surface area contributed by atoms with E-state index in [1.54, 1.807) is 12.1 Å². The van der Waals surface area contributed by atoms with Gasteiger partial charge in [-0.05, 0) is 31.2 Å². The van der Waals surface area contributed by atoms with Crippen LogP contribution in [0.25, 0.3) is 0 Å². The summed E-state index contributed by atoms with van der Waals surface area (Å²) in [5, 5.41) is 22.6. The zero-order chi connectivity index (χ0) is 15.9. The van der Waals surface area contributed by atoms with Crippen LogP contribution in [-0.2, 0) is 0 Å². The van der Waals surface area contributed by atoms with Crippen molar-refractivity contribution >= 4 is 12.1 Å². The van der Waals surface area contributed by atoms with Crippen molar-refractivity contribution in [1.29, 1.82) is 0 Å². The van der Waals surface area contributed by atoms with E-state index in [4.69, 9.17) is 4.74 Å². The maximum atomic E-state index is 11.9. The van der Waals surface area contributed by atoms with E-state index in [1.807, 2.05) is 19.1 Å². The molecule has 0 aromatic heterocycles. The molecule has 0 fully saturated rings. The van der Waals surface area contributed by atoms with Crippen molar-refractivity contribution in [3.8, 4) is 17.2 Å². The van der Waals surface area contributed by atoms with Gasteiger partial charge in [-0.1, -0.05) is 12.1 Å². The highest BCUT2D eigenvalue weighted by molar-refractivity contribution is 5.97. The van der Waals surface area contributed by atoms with Crippen molar-refractivity contribution in [3.63, 3.8) is 0 Å². The van der Waals surface area contributed by atoms with Gasteiger partial charge in [0.15, 0.2) is 0 Å². The number of carbonyl (C=O) groups excluding carboxylic acids is 1. The van der Waals surface area contributed by atoms with Crippen molar-refractivity contribution in [3.05, 3.63) is 53.6 Å². The SMILES string of the molecule is CCOc1ccccc1/C=N/NC(=O)c1ccc(O)cc1O. The summed E-state index contributed by atoms with van der Waals surface area (Å²) in [6.45, 7) is 2.40. The van der Waals surface area contributed by atoms with Crippen LogP contribution < -0.4 is 10.2 Å². The molecular formula is C16H16N2O4. The third-order valence-corrected chi connectivity index (χ3v) is 2.81. The molecule has 6 nitrogen and oxygen atoms in total. The molecule has 22 heavy (non-hydrogen) atoms. The Kier molecular flexibility index (Phi) is 4.98. The number of hydrogen-bond donors (Lipinski definition) is 3. The number of amides is 1. The predicted molar refractivity (Wildman–Crippen MR) is 82.4 cm³/mol. The number of nitrogens with zero attached hydrogens (tertiary/aromatic N) is 1. The average Bonchev–Trinajstić information content (AvgIpc) is 2.49. The van der Waals surface area contributed by atoms with Crippen molar-refractivity contribution < 1.29 is 19.7 Å². The molecule has 0 saturated heterocycles. The number of aromatic hydroxyl groups is 2. The summed E-state index contributed by atoms with van der Waals surface area (Å²) >= 11 is 0. The minimum atomic E-state index is -0.581. The minimum absolute atomic E-state index is 0.0213. The molecule has 1 amide bonds. The summed E-state index contributed by atoms with van der Waals surface area (Å²) in [7, 11) is 0. The Balaban J connectivity index is 2.07. The van der Waals surface area contributed by atoms with Gasteiger partial charge in [0, 0.05) is 11.6 Å². The van der Waals surface area contributed by atoms with Gasteiger partial charge in [-0.15, -0.1) is 0 Å². The zero-order valence-electron chi connectivity index (χ0n) is 12.0. The average molecular weight is 300 g/mol. The fraction of sp³-hybridized carbons (Fsp3) is 0.125. The largest absolute Gasteiger partial charge is 0.508 e. The van der Waals surface area contributed by atoms with Crippen LogP contribution in [0.5, 0.6) is 17.2 Å². The topological polar surface area (TPSA) is 91.2 Å². The second-order valence-electron chi connectivity index (χ2n) is 4.37. The second kappa shape index (κ2) is 7.12. The van der Waals surface area contributed by atoms with Crippen LogP contribution in [-0.4, -0.2) is 28.9 Å². The Morgan fingerprint density at radius 3 is 2.77 bits per heavy atom. The normalized spacial score (nSPS) is 10.6. The lowest BCUT2D eigenvalue weighted by atomic mass is 10.2. The van der Waals surface area contributed by atoms with E-state index in [2.05, 4.69) is 10.5 Å².